The summed E-state index contributed by atoms with van der Waals surface area (Å²) >= 11 is 7.70. The van der Waals surface area contributed by atoms with E-state index in [1.54, 1.807) is 43.6 Å². The summed E-state index contributed by atoms with van der Waals surface area (Å²) in [5, 5.41) is 1.37. The number of carbonyl (C=O) groups is 1. The maximum Gasteiger partial charge on any atom is 0.277 e. The Kier molecular flexibility index (Phi) is 7.49. The zero-order valence-corrected chi connectivity index (χ0v) is 20.8. The first-order valence-electron chi connectivity index (χ1n) is 10.7. The van der Waals surface area contributed by atoms with Crippen LogP contribution in [0.25, 0.3) is 5.69 Å². The van der Waals surface area contributed by atoms with E-state index in [-0.39, 0.29) is 5.91 Å². The maximum atomic E-state index is 13.4. The van der Waals surface area contributed by atoms with Crippen LogP contribution in [0.3, 0.4) is 0 Å². The molecule has 0 aliphatic carbocycles. The Morgan fingerprint density at radius 2 is 1.74 bits per heavy atom. The lowest BCUT2D eigenvalue weighted by Gasteiger charge is -2.19. The number of aromatic nitrogens is 4. The quantitative estimate of drug-likeness (QED) is 0.318. The molecule has 0 N–H and O–H groups in total. The molecule has 0 aliphatic rings. The number of anilines is 2. The first-order valence-corrected chi connectivity index (χ1v) is 12.1. The molecule has 0 spiro atoms. The van der Waals surface area contributed by atoms with Gasteiger partial charge in [0.15, 0.2) is 5.16 Å². The molecular weight excluding hydrogens is 468 g/mol. The van der Waals surface area contributed by atoms with Crippen molar-refractivity contribution in [1.29, 1.82) is 0 Å². The van der Waals surface area contributed by atoms with E-state index < -0.39 is 0 Å². The molecule has 0 atom stereocenters. The molecular formula is C25H25ClN6OS. The molecule has 4 rings (SSSR count). The molecule has 7 nitrogen and oxygen atoms in total. The summed E-state index contributed by atoms with van der Waals surface area (Å²) in [6.45, 7) is 2.77. The van der Waals surface area contributed by atoms with E-state index in [4.69, 9.17) is 11.6 Å². The number of hydrogen-bond acceptors (Lipinski definition) is 6. The van der Waals surface area contributed by atoms with Crippen molar-refractivity contribution in [3.63, 3.8) is 0 Å². The minimum absolute atomic E-state index is 0.195. The van der Waals surface area contributed by atoms with Crippen LogP contribution in [0.15, 0.2) is 78.5 Å². The van der Waals surface area contributed by atoms with Gasteiger partial charge in [0.2, 0.25) is 0 Å². The lowest BCUT2D eigenvalue weighted by atomic mass is 10.3. The van der Waals surface area contributed by atoms with E-state index in [1.165, 1.54) is 4.90 Å². The van der Waals surface area contributed by atoms with Crippen LogP contribution in [0.2, 0.25) is 5.02 Å². The SMILES string of the molecule is Cc1ccc(N(C)C(=O)c2cnc(SCCN(C)c3ccncc3)n2-c2ccc(Cl)cc2)nc1. The molecule has 1 aromatic carbocycles. The normalized spacial score (nSPS) is 10.8. The molecule has 0 saturated carbocycles. The molecule has 34 heavy (non-hydrogen) atoms. The number of carbonyl (C=O) groups excluding carboxylic acids is 1. The number of thioether (sulfide) groups is 1. The summed E-state index contributed by atoms with van der Waals surface area (Å²) in [7, 11) is 3.76. The van der Waals surface area contributed by atoms with Gasteiger partial charge in [-0.3, -0.25) is 19.2 Å². The number of nitrogens with zero attached hydrogens (tertiary/aromatic N) is 6. The number of benzene rings is 1. The number of imidazole rings is 1. The topological polar surface area (TPSA) is 67.2 Å². The first kappa shape index (κ1) is 23.8. The zero-order valence-electron chi connectivity index (χ0n) is 19.2. The van der Waals surface area contributed by atoms with Gasteiger partial charge in [-0.1, -0.05) is 29.4 Å². The lowest BCUT2D eigenvalue weighted by Crippen LogP contribution is -2.29. The number of hydrogen-bond donors (Lipinski definition) is 0. The summed E-state index contributed by atoms with van der Waals surface area (Å²) in [6, 6.07) is 15.1. The Morgan fingerprint density at radius 3 is 2.41 bits per heavy atom. The van der Waals surface area contributed by atoms with E-state index in [1.807, 2.05) is 67.1 Å². The van der Waals surface area contributed by atoms with Crippen LogP contribution >= 0.6 is 23.4 Å². The highest BCUT2D eigenvalue weighted by atomic mass is 35.5. The van der Waals surface area contributed by atoms with Crippen molar-refractivity contribution in [3.8, 4) is 5.69 Å². The second-order valence-electron chi connectivity index (χ2n) is 7.77. The van der Waals surface area contributed by atoms with Crippen LogP contribution in [0.1, 0.15) is 16.1 Å². The van der Waals surface area contributed by atoms with Crippen LogP contribution in [-0.4, -0.2) is 51.8 Å². The van der Waals surface area contributed by atoms with E-state index in [0.717, 1.165) is 34.4 Å². The van der Waals surface area contributed by atoms with Crippen LogP contribution in [-0.2, 0) is 0 Å². The number of rotatable bonds is 8. The van der Waals surface area contributed by atoms with Gasteiger partial charge in [0, 0.05) is 61.4 Å². The number of pyridine rings is 2. The summed E-state index contributed by atoms with van der Waals surface area (Å²) in [6.07, 6.45) is 6.93. The molecule has 0 aliphatic heterocycles. The van der Waals surface area contributed by atoms with Gasteiger partial charge < -0.3 is 4.90 Å². The number of aryl methyl sites for hydroxylation is 1. The second kappa shape index (κ2) is 10.7. The zero-order chi connectivity index (χ0) is 24.1. The van der Waals surface area contributed by atoms with Gasteiger partial charge in [0.25, 0.3) is 5.91 Å². The van der Waals surface area contributed by atoms with Gasteiger partial charge in [0.1, 0.15) is 11.5 Å². The molecule has 1 amide bonds. The van der Waals surface area contributed by atoms with E-state index >= 15 is 0 Å². The van der Waals surface area contributed by atoms with Crippen molar-refractivity contribution < 1.29 is 4.79 Å². The fourth-order valence-electron chi connectivity index (χ4n) is 3.36. The van der Waals surface area contributed by atoms with E-state index in [0.29, 0.717) is 16.5 Å². The molecule has 3 heterocycles. The standard InChI is InChI=1S/C25H25ClN6OS/c1-18-4-9-23(28-16-18)31(3)24(33)22-17-29-25(32(22)21-7-5-19(26)6-8-21)34-15-14-30(2)20-10-12-27-13-11-20/h4-13,16-17H,14-15H2,1-3H3. The van der Waals surface area contributed by atoms with Gasteiger partial charge in [-0.05, 0) is 55.0 Å². The van der Waals surface area contributed by atoms with Gasteiger partial charge in [-0.2, -0.15) is 0 Å². The Labute approximate surface area is 208 Å². The summed E-state index contributed by atoms with van der Waals surface area (Å²) < 4.78 is 1.88. The van der Waals surface area contributed by atoms with Crippen LogP contribution in [0, 0.1) is 6.92 Å². The van der Waals surface area contributed by atoms with Crippen LogP contribution in [0.5, 0.6) is 0 Å². The third kappa shape index (κ3) is 5.40. The number of halogens is 1. The highest BCUT2D eigenvalue weighted by molar-refractivity contribution is 7.99. The van der Waals surface area contributed by atoms with E-state index in [2.05, 4.69) is 19.9 Å². The van der Waals surface area contributed by atoms with Crippen molar-refractivity contribution in [2.45, 2.75) is 12.1 Å². The third-order valence-electron chi connectivity index (χ3n) is 5.34. The van der Waals surface area contributed by atoms with Gasteiger partial charge in [0.05, 0.1) is 6.20 Å². The minimum Gasteiger partial charge on any atom is -0.374 e. The molecule has 0 saturated heterocycles. The largest absolute Gasteiger partial charge is 0.374 e. The van der Waals surface area contributed by atoms with Gasteiger partial charge >= 0.3 is 0 Å². The highest BCUT2D eigenvalue weighted by Crippen LogP contribution is 2.26. The van der Waals surface area contributed by atoms with Crippen molar-refractivity contribution in [2.24, 2.45) is 0 Å². The molecule has 9 heteroatoms. The Bertz CT molecular complexity index is 1240. The summed E-state index contributed by atoms with van der Waals surface area (Å²) in [5.41, 5.74) is 3.41. The third-order valence-corrected chi connectivity index (χ3v) is 6.52. The average Bonchev–Trinajstić information content (AvgIpc) is 3.28. The van der Waals surface area contributed by atoms with Crippen LogP contribution < -0.4 is 9.80 Å². The van der Waals surface area contributed by atoms with Crippen molar-refractivity contribution >= 4 is 40.8 Å². The Morgan fingerprint density at radius 1 is 1.00 bits per heavy atom. The number of amides is 1. The van der Waals surface area contributed by atoms with Crippen LogP contribution in [0.4, 0.5) is 11.5 Å². The summed E-state index contributed by atoms with van der Waals surface area (Å²) in [5.74, 6) is 1.17. The second-order valence-corrected chi connectivity index (χ2v) is 9.27. The first-order chi connectivity index (χ1) is 16.4. The predicted octanol–water partition coefficient (Wildman–Crippen LogP) is 5.13. The predicted molar refractivity (Wildman–Crippen MR) is 139 cm³/mol. The van der Waals surface area contributed by atoms with Crippen molar-refractivity contribution in [1.82, 2.24) is 19.5 Å². The average molecular weight is 493 g/mol. The molecule has 4 aromatic rings. The smallest absolute Gasteiger partial charge is 0.277 e. The molecule has 3 aromatic heterocycles. The maximum absolute atomic E-state index is 13.4. The van der Waals surface area contributed by atoms with E-state index in [9.17, 15) is 4.79 Å². The highest BCUT2D eigenvalue weighted by Gasteiger charge is 2.23. The molecule has 0 radical (unpaired) electrons. The summed E-state index contributed by atoms with van der Waals surface area (Å²) in [4.78, 5) is 30.2. The van der Waals surface area contributed by atoms with Gasteiger partial charge in [-0.15, -0.1) is 0 Å². The van der Waals surface area contributed by atoms with Gasteiger partial charge in [-0.25, -0.2) is 9.97 Å². The molecule has 0 bridgehead atoms. The Balaban J connectivity index is 1.59. The molecule has 0 fully saturated rings. The molecule has 174 valence electrons. The minimum atomic E-state index is -0.195. The monoisotopic (exact) mass is 492 g/mol. The molecule has 0 unspecified atom stereocenters. The fraction of sp³-hybridized carbons (Fsp3) is 0.200. The van der Waals surface area contributed by atoms with Crippen molar-refractivity contribution in [2.75, 3.05) is 36.2 Å². The lowest BCUT2D eigenvalue weighted by molar-refractivity contribution is 0.0985. The fourth-order valence-corrected chi connectivity index (χ4v) is 4.50. The Hall–Kier alpha value is -3.36. The van der Waals surface area contributed by atoms with Crippen molar-refractivity contribution in [3.05, 3.63) is 89.6 Å².